The maximum absolute atomic E-state index is 11.5. The summed E-state index contributed by atoms with van der Waals surface area (Å²) in [5, 5.41) is 16.5. The molecule has 0 unspecified atom stereocenters. The van der Waals surface area contributed by atoms with Gasteiger partial charge in [-0.25, -0.2) is 14.3 Å². The largest absolute Gasteiger partial charge is 0.476 e. The van der Waals surface area contributed by atoms with Gasteiger partial charge in [0.2, 0.25) is 0 Å². The molecule has 0 saturated heterocycles. The van der Waals surface area contributed by atoms with E-state index >= 15 is 0 Å². The highest BCUT2D eigenvalue weighted by Crippen LogP contribution is 2.15. The normalized spacial score (nSPS) is 10.3. The van der Waals surface area contributed by atoms with Gasteiger partial charge < -0.3 is 9.84 Å². The number of benzene rings is 1. The van der Waals surface area contributed by atoms with E-state index in [0.717, 1.165) is 0 Å². The van der Waals surface area contributed by atoms with Crippen molar-refractivity contribution in [1.29, 1.82) is 0 Å². The quantitative estimate of drug-likeness (QED) is 0.845. The molecule has 1 aromatic carbocycles. The predicted molar refractivity (Wildman–Crippen MR) is 69.0 cm³/mol. The molecule has 0 bridgehead atoms. The number of carbonyl (C=O) groups excluding carboxylic acids is 1. The first-order valence-electron chi connectivity index (χ1n) is 5.95. The molecule has 0 saturated carbocycles. The third kappa shape index (κ3) is 2.37. The summed E-state index contributed by atoms with van der Waals surface area (Å²) in [7, 11) is 1.30. The van der Waals surface area contributed by atoms with Gasteiger partial charge in [0.05, 0.1) is 24.1 Å². The zero-order valence-corrected chi connectivity index (χ0v) is 11.0. The summed E-state index contributed by atoms with van der Waals surface area (Å²) in [5.41, 5.74) is 1.31. The summed E-state index contributed by atoms with van der Waals surface area (Å²) in [5.74, 6) is -1.60. The lowest BCUT2D eigenvalue weighted by Crippen LogP contribution is -2.07. The van der Waals surface area contributed by atoms with Gasteiger partial charge in [0.15, 0.2) is 5.69 Å². The molecule has 0 aliphatic carbocycles. The van der Waals surface area contributed by atoms with E-state index < -0.39 is 11.9 Å². The van der Waals surface area contributed by atoms with Crippen LogP contribution in [0.3, 0.4) is 0 Å². The highest BCUT2D eigenvalue weighted by Gasteiger charge is 2.18. The van der Waals surface area contributed by atoms with Crippen LogP contribution in [0.1, 0.15) is 33.5 Å². The molecule has 1 N–H and O–H groups in total. The molecule has 20 heavy (non-hydrogen) atoms. The maximum atomic E-state index is 11.5. The van der Waals surface area contributed by atoms with Gasteiger partial charge in [-0.2, -0.15) is 0 Å². The fraction of sp³-hybridized carbons (Fsp3) is 0.231. The molecule has 0 fully saturated rings. The Morgan fingerprint density at radius 3 is 2.75 bits per heavy atom. The summed E-state index contributed by atoms with van der Waals surface area (Å²) in [6, 6.07) is 6.57. The van der Waals surface area contributed by atoms with Gasteiger partial charge in [0.1, 0.15) is 0 Å². The van der Waals surface area contributed by atoms with Crippen molar-refractivity contribution >= 4 is 11.9 Å². The SMILES string of the molecule is CCc1c(C(=O)O)nnn1-c1cccc(C(=O)OC)c1. The molecule has 7 nitrogen and oxygen atoms in total. The van der Waals surface area contributed by atoms with Crippen LogP contribution in [0.4, 0.5) is 0 Å². The van der Waals surface area contributed by atoms with E-state index in [1.807, 2.05) is 6.92 Å². The molecule has 0 aliphatic rings. The van der Waals surface area contributed by atoms with E-state index in [1.165, 1.54) is 11.8 Å². The van der Waals surface area contributed by atoms with Crippen LogP contribution in [0.25, 0.3) is 5.69 Å². The first-order chi connectivity index (χ1) is 9.58. The Kier molecular flexibility index (Phi) is 3.79. The summed E-state index contributed by atoms with van der Waals surface area (Å²) in [6.45, 7) is 1.81. The Bertz CT molecular complexity index is 663. The number of rotatable bonds is 4. The van der Waals surface area contributed by atoms with Crippen molar-refractivity contribution in [2.45, 2.75) is 13.3 Å². The van der Waals surface area contributed by atoms with Gasteiger partial charge in [-0.3, -0.25) is 0 Å². The number of carbonyl (C=O) groups is 2. The zero-order valence-electron chi connectivity index (χ0n) is 11.0. The van der Waals surface area contributed by atoms with Crippen LogP contribution in [0.2, 0.25) is 0 Å². The van der Waals surface area contributed by atoms with Crippen LogP contribution >= 0.6 is 0 Å². The van der Waals surface area contributed by atoms with Gasteiger partial charge in [0, 0.05) is 0 Å². The molecule has 7 heteroatoms. The number of ether oxygens (including phenoxy) is 1. The smallest absolute Gasteiger partial charge is 0.358 e. The number of nitrogens with zero attached hydrogens (tertiary/aromatic N) is 3. The van der Waals surface area contributed by atoms with E-state index in [2.05, 4.69) is 15.0 Å². The minimum absolute atomic E-state index is 0.0871. The van der Waals surface area contributed by atoms with Gasteiger partial charge in [0.25, 0.3) is 0 Å². The van der Waals surface area contributed by atoms with Gasteiger partial charge in [-0.05, 0) is 24.6 Å². The number of carboxylic acids is 1. The molecule has 0 amide bonds. The van der Waals surface area contributed by atoms with Crippen LogP contribution < -0.4 is 0 Å². The molecule has 0 radical (unpaired) electrons. The van der Waals surface area contributed by atoms with Crippen molar-refractivity contribution in [1.82, 2.24) is 15.0 Å². The number of hydrogen-bond acceptors (Lipinski definition) is 5. The van der Waals surface area contributed by atoms with Crippen LogP contribution in [-0.2, 0) is 11.2 Å². The minimum atomic E-state index is -1.13. The predicted octanol–water partition coefficient (Wildman–Crippen LogP) is 1.31. The zero-order chi connectivity index (χ0) is 14.7. The van der Waals surface area contributed by atoms with Crippen LogP contribution in [0.5, 0.6) is 0 Å². The summed E-state index contributed by atoms with van der Waals surface area (Å²) >= 11 is 0. The number of hydrogen-bond donors (Lipinski definition) is 1. The number of aromatic nitrogens is 3. The van der Waals surface area contributed by atoms with E-state index in [4.69, 9.17) is 5.11 Å². The molecule has 0 aliphatic heterocycles. The fourth-order valence-electron chi connectivity index (χ4n) is 1.87. The summed E-state index contributed by atoms with van der Waals surface area (Å²) in [6.07, 6.45) is 0.455. The van der Waals surface area contributed by atoms with Crippen molar-refractivity contribution in [2.24, 2.45) is 0 Å². The fourth-order valence-corrected chi connectivity index (χ4v) is 1.87. The lowest BCUT2D eigenvalue weighted by molar-refractivity contribution is 0.0599. The molecular weight excluding hydrogens is 262 g/mol. The van der Waals surface area contributed by atoms with Crippen molar-refractivity contribution in [3.63, 3.8) is 0 Å². The molecule has 2 rings (SSSR count). The van der Waals surface area contributed by atoms with Crippen molar-refractivity contribution in [2.75, 3.05) is 7.11 Å². The van der Waals surface area contributed by atoms with Crippen molar-refractivity contribution in [3.05, 3.63) is 41.2 Å². The topological polar surface area (TPSA) is 94.3 Å². The number of carboxylic acid groups (broad SMARTS) is 1. The van der Waals surface area contributed by atoms with Gasteiger partial charge in [-0.15, -0.1) is 5.10 Å². The Hall–Kier alpha value is -2.70. The van der Waals surface area contributed by atoms with Crippen LogP contribution in [0, 0.1) is 0 Å². The first-order valence-corrected chi connectivity index (χ1v) is 5.95. The van der Waals surface area contributed by atoms with E-state index in [1.54, 1.807) is 24.3 Å². The highest BCUT2D eigenvalue weighted by molar-refractivity contribution is 5.90. The maximum Gasteiger partial charge on any atom is 0.358 e. The second-order valence-corrected chi connectivity index (χ2v) is 4.00. The average molecular weight is 275 g/mol. The molecule has 1 aromatic heterocycles. The third-order valence-electron chi connectivity index (χ3n) is 2.81. The van der Waals surface area contributed by atoms with E-state index in [-0.39, 0.29) is 5.69 Å². The standard InChI is InChI=1S/C13H13N3O4/c1-3-10-11(12(17)18)14-15-16(10)9-6-4-5-8(7-9)13(19)20-2/h4-7H,3H2,1-2H3,(H,17,18). The van der Waals surface area contributed by atoms with Crippen molar-refractivity contribution in [3.8, 4) is 5.69 Å². The molecule has 104 valence electrons. The Morgan fingerprint density at radius 2 is 2.15 bits per heavy atom. The monoisotopic (exact) mass is 275 g/mol. The molecular formula is C13H13N3O4. The Labute approximate surface area is 114 Å². The van der Waals surface area contributed by atoms with Crippen molar-refractivity contribution < 1.29 is 19.4 Å². The molecule has 2 aromatic rings. The van der Waals surface area contributed by atoms with Crippen LogP contribution in [0.15, 0.2) is 24.3 Å². The third-order valence-corrected chi connectivity index (χ3v) is 2.81. The molecule has 0 atom stereocenters. The average Bonchev–Trinajstić information content (AvgIpc) is 2.90. The van der Waals surface area contributed by atoms with E-state index in [9.17, 15) is 9.59 Å². The molecule has 0 spiro atoms. The van der Waals surface area contributed by atoms with Crippen LogP contribution in [-0.4, -0.2) is 39.1 Å². The second-order valence-electron chi connectivity index (χ2n) is 4.00. The second kappa shape index (κ2) is 5.52. The summed E-state index contributed by atoms with van der Waals surface area (Å²) < 4.78 is 6.06. The molecule has 1 heterocycles. The minimum Gasteiger partial charge on any atom is -0.476 e. The lowest BCUT2D eigenvalue weighted by atomic mass is 10.2. The Morgan fingerprint density at radius 1 is 1.40 bits per heavy atom. The number of esters is 1. The van der Waals surface area contributed by atoms with Gasteiger partial charge in [-0.1, -0.05) is 18.2 Å². The van der Waals surface area contributed by atoms with E-state index in [0.29, 0.717) is 23.4 Å². The lowest BCUT2D eigenvalue weighted by Gasteiger charge is -2.06. The first kappa shape index (κ1) is 13.7. The highest BCUT2D eigenvalue weighted by atomic mass is 16.5. The number of methoxy groups -OCH3 is 1. The number of aromatic carboxylic acids is 1. The summed E-state index contributed by atoms with van der Waals surface area (Å²) in [4.78, 5) is 22.6. The van der Waals surface area contributed by atoms with Gasteiger partial charge >= 0.3 is 11.9 Å². The Balaban J connectivity index is 2.52.